The lowest BCUT2D eigenvalue weighted by molar-refractivity contribution is 0.0776. The first kappa shape index (κ1) is 18.4. The number of para-hydroxylation sites is 1. The van der Waals surface area contributed by atoms with Crippen molar-refractivity contribution in [1.29, 1.82) is 0 Å². The van der Waals surface area contributed by atoms with Crippen LogP contribution in [-0.2, 0) is 0 Å². The number of amides is 1. The predicted octanol–water partition coefficient (Wildman–Crippen LogP) is 4.85. The van der Waals surface area contributed by atoms with E-state index in [0.29, 0.717) is 11.5 Å². The first-order valence-corrected chi connectivity index (χ1v) is 9.82. The van der Waals surface area contributed by atoms with Crippen molar-refractivity contribution in [1.82, 2.24) is 4.90 Å². The van der Waals surface area contributed by atoms with Gasteiger partial charge in [0, 0.05) is 43.5 Å². The highest BCUT2D eigenvalue weighted by Crippen LogP contribution is 2.25. The molecule has 0 bridgehead atoms. The second-order valence-electron chi connectivity index (χ2n) is 7.61. The lowest BCUT2D eigenvalue weighted by Crippen LogP contribution is -2.33. The van der Waals surface area contributed by atoms with Crippen LogP contribution in [0.4, 0.5) is 5.69 Å². The smallest absolute Gasteiger partial charge is 0.253 e. The van der Waals surface area contributed by atoms with Crippen molar-refractivity contribution in [3.8, 4) is 11.3 Å². The highest BCUT2D eigenvalue weighted by Gasteiger charge is 2.25. The molecule has 1 amide bonds. The summed E-state index contributed by atoms with van der Waals surface area (Å²) < 4.78 is 5.65. The topological polar surface area (TPSA) is 36.7 Å². The molecule has 2 aromatic carbocycles. The summed E-state index contributed by atoms with van der Waals surface area (Å²) in [5.41, 5.74) is 2.97. The van der Waals surface area contributed by atoms with Crippen molar-refractivity contribution in [2.24, 2.45) is 5.92 Å². The van der Waals surface area contributed by atoms with E-state index in [1.54, 1.807) is 0 Å². The lowest BCUT2D eigenvalue weighted by Gasteiger charge is -2.23. The van der Waals surface area contributed by atoms with Crippen LogP contribution in [0.15, 0.2) is 71.1 Å². The van der Waals surface area contributed by atoms with Crippen LogP contribution in [0.1, 0.15) is 22.5 Å². The Morgan fingerprint density at radius 3 is 2.50 bits per heavy atom. The van der Waals surface area contributed by atoms with Gasteiger partial charge in [-0.15, -0.1) is 0 Å². The minimum absolute atomic E-state index is 0.0698. The third-order valence-corrected chi connectivity index (χ3v) is 5.44. The zero-order valence-corrected chi connectivity index (χ0v) is 16.5. The molecule has 1 unspecified atom stereocenters. The summed E-state index contributed by atoms with van der Waals surface area (Å²) in [6.07, 6.45) is 1.11. The normalized spacial score (nSPS) is 16.4. The van der Waals surface area contributed by atoms with Gasteiger partial charge in [-0.1, -0.05) is 30.3 Å². The number of hydrogen-bond donors (Lipinski definition) is 0. The molecule has 0 spiro atoms. The molecule has 1 aliphatic heterocycles. The van der Waals surface area contributed by atoms with Crippen LogP contribution in [0.3, 0.4) is 0 Å². The van der Waals surface area contributed by atoms with Crippen molar-refractivity contribution in [3.05, 3.63) is 78.1 Å². The molecule has 0 saturated carbocycles. The van der Waals surface area contributed by atoms with Crippen molar-refractivity contribution in [2.45, 2.75) is 13.3 Å². The zero-order valence-electron chi connectivity index (χ0n) is 16.5. The van der Waals surface area contributed by atoms with Crippen LogP contribution in [0, 0.1) is 12.8 Å². The fraction of sp³-hybridized carbons (Fsp3) is 0.292. The standard InChI is InChI=1S/C24H26N2O2/c1-18-8-13-23(28-18)20-9-11-21(12-10-20)24(27)25(2)16-19-14-15-26(17-19)22-6-4-3-5-7-22/h3-13,19H,14-17H2,1-2H3. The third kappa shape index (κ3) is 3.96. The highest BCUT2D eigenvalue weighted by atomic mass is 16.3. The Balaban J connectivity index is 1.36. The Kier molecular flexibility index (Phi) is 5.20. The molecule has 1 atom stereocenters. The highest BCUT2D eigenvalue weighted by molar-refractivity contribution is 5.94. The maximum atomic E-state index is 12.8. The molecule has 4 rings (SSSR count). The molecule has 4 heteroatoms. The largest absolute Gasteiger partial charge is 0.461 e. The Morgan fingerprint density at radius 1 is 1.07 bits per heavy atom. The number of benzene rings is 2. The molecule has 2 heterocycles. The van der Waals surface area contributed by atoms with Crippen molar-refractivity contribution in [3.63, 3.8) is 0 Å². The average molecular weight is 374 g/mol. The Hall–Kier alpha value is -3.01. The van der Waals surface area contributed by atoms with Gasteiger partial charge < -0.3 is 14.2 Å². The summed E-state index contributed by atoms with van der Waals surface area (Å²) in [6.45, 7) is 4.76. The van der Waals surface area contributed by atoms with Gasteiger partial charge in [-0.3, -0.25) is 4.79 Å². The van der Waals surface area contributed by atoms with E-state index in [9.17, 15) is 4.79 Å². The molecule has 1 aliphatic rings. The monoisotopic (exact) mass is 374 g/mol. The number of hydrogen-bond acceptors (Lipinski definition) is 3. The third-order valence-electron chi connectivity index (χ3n) is 5.44. The average Bonchev–Trinajstić information content (AvgIpc) is 3.37. The van der Waals surface area contributed by atoms with Gasteiger partial charge in [-0.2, -0.15) is 0 Å². The summed E-state index contributed by atoms with van der Waals surface area (Å²) in [5, 5.41) is 0. The first-order chi connectivity index (χ1) is 13.6. The second-order valence-corrected chi connectivity index (χ2v) is 7.61. The van der Waals surface area contributed by atoms with E-state index in [4.69, 9.17) is 4.42 Å². The Morgan fingerprint density at radius 2 is 1.82 bits per heavy atom. The van der Waals surface area contributed by atoms with E-state index < -0.39 is 0 Å². The van der Waals surface area contributed by atoms with E-state index in [2.05, 4.69) is 29.2 Å². The van der Waals surface area contributed by atoms with Gasteiger partial charge in [-0.05, 0) is 55.7 Å². The van der Waals surface area contributed by atoms with Crippen molar-refractivity contribution in [2.75, 3.05) is 31.6 Å². The fourth-order valence-electron chi connectivity index (χ4n) is 3.91. The van der Waals surface area contributed by atoms with Gasteiger partial charge in [-0.25, -0.2) is 0 Å². The summed E-state index contributed by atoms with van der Waals surface area (Å²) in [6, 6.07) is 22.1. The zero-order chi connectivity index (χ0) is 19.5. The number of carbonyl (C=O) groups is 1. The van der Waals surface area contributed by atoms with Crippen LogP contribution in [0.25, 0.3) is 11.3 Å². The second kappa shape index (κ2) is 7.93. The number of aryl methyl sites for hydroxylation is 1. The first-order valence-electron chi connectivity index (χ1n) is 9.82. The maximum absolute atomic E-state index is 12.8. The molecule has 3 aromatic rings. The van der Waals surface area contributed by atoms with Gasteiger partial charge in [0.05, 0.1) is 0 Å². The van der Waals surface area contributed by atoms with Crippen molar-refractivity contribution >= 4 is 11.6 Å². The van der Waals surface area contributed by atoms with Gasteiger partial charge >= 0.3 is 0 Å². The van der Waals surface area contributed by atoms with E-state index in [0.717, 1.165) is 43.1 Å². The summed E-state index contributed by atoms with van der Waals surface area (Å²) >= 11 is 0. The van der Waals surface area contributed by atoms with Crippen LogP contribution >= 0.6 is 0 Å². The van der Waals surface area contributed by atoms with E-state index in [1.165, 1.54) is 5.69 Å². The van der Waals surface area contributed by atoms with Crippen LogP contribution < -0.4 is 4.90 Å². The lowest BCUT2D eigenvalue weighted by atomic mass is 10.1. The number of carbonyl (C=O) groups excluding carboxylic acids is 1. The maximum Gasteiger partial charge on any atom is 0.253 e. The minimum Gasteiger partial charge on any atom is -0.461 e. The van der Waals surface area contributed by atoms with E-state index in [1.807, 2.05) is 61.3 Å². The van der Waals surface area contributed by atoms with Gasteiger partial charge in [0.1, 0.15) is 11.5 Å². The molecular weight excluding hydrogens is 348 g/mol. The van der Waals surface area contributed by atoms with Gasteiger partial charge in [0.2, 0.25) is 0 Å². The Labute approximate surface area is 166 Å². The van der Waals surface area contributed by atoms with E-state index >= 15 is 0 Å². The van der Waals surface area contributed by atoms with Gasteiger partial charge in [0.15, 0.2) is 0 Å². The molecule has 1 aromatic heterocycles. The van der Waals surface area contributed by atoms with Crippen LogP contribution in [-0.4, -0.2) is 37.5 Å². The summed E-state index contributed by atoms with van der Waals surface area (Å²) in [4.78, 5) is 17.1. The molecular formula is C24H26N2O2. The van der Waals surface area contributed by atoms with Crippen LogP contribution in [0.5, 0.6) is 0 Å². The molecule has 144 valence electrons. The molecule has 1 fully saturated rings. The number of rotatable bonds is 5. The summed E-state index contributed by atoms with van der Waals surface area (Å²) in [5.74, 6) is 2.28. The number of nitrogens with zero attached hydrogens (tertiary/aromatic N) is 2. The molecule has 28 heavy (non-hydrogen) atoms. The predicted molar refractivity (Wildman–Crippen MR) is 113 cm³/mol. The SMILES string of the molecule is Cc1ccc(-c2ccc(C(=O)N(C)CC3CCN(c4ccccc4)C3)cc2)o1. The summed E-state index contributed by atoms with van der Waals surface area (Å²) in [7, 11) is 1.90. The number of furan rings is 1. The molecule has 1 saturated heterocycles. The molecule has 0 radical (unpaired) electrons. The molecule has 4 nitrogen and oxygen atoms in total. The van der Waals surface area contributed by atoms with Crippen LogP contribution in [0.2, 0.25) is 0 Å². The Bertz CT molecular complexity index is 931. The quantitative estimate of drug-likeness (QED) is 0.640. The molecule has 0 N–H and O–H groups in total. The van der Waals surface area contributed by atoms with E-state index in [-0.39, 0.29) is 5.91 Å². The molecule has 0 aliphatic carbocycles. The minimum atomic E-state index is 0.0698. The fourth-order valence-corrected chi connectivity index (χ4v) is 3.91. The van der Waals surface area contributed by atoms with Gasteiger partial charge in [0.25, 0.3) is 5.91 Å². The number of anilines is 1. The van der Waals surface area contributed by atoms with Crippen molar-refractivity contribution < 1.29 is 9.21 Å².